The van der Waals surface area contributed by atoms with Crippen LogP contribution in [0.25, 0.3) is 0 Å². The van der Waals surface area contributed by atoms with E-state index in [4.69, 9.17) is 5.73 Å². The van der Waals surface area contributed by atoms with Crippen molar-refractivity contribution >= 4 is 35.6 Å². The maximum Gasteiger partial charge on any atom is 0.193 e. The molecule has 0 saturated heterocycles. The normalized spacial score (nSPS) is 15.4. The van der Waals surface area contributed by atoms with Crippen molar-refractivity contribution in [1.29, 1.82) is 0 Å². The molecule has 1 saturated carbocycles. The van der Waals surface area contributed by atoms with E-state index in [2.05, 4.69) is 10.3 Å². The molecular weight excluding hydrogens is 435 g/mol. The lowest BCUT2D eigenvalue weighted by molar-refractivity contribution is 0.517. The van der Waals surface area contributed by atoms with Crippen LogP contribution in [0.2, 0.25) is 0 Å². The van der Waals surface area contributed by atoms with Crippen LogP contribution in [0, 0.1) is 25.5 Å². The zero-order chi connectivity index (χ0) is 17.3. The number of anilines is 1. The topological polar surface area (TPSA) is 50.4 Å². The molecule has 0 unspecified atom stereocenters. The van der Waals surface area contributed by atoms with Crippen molar-refractivity contribution in [2.24, 2.45) is 10.7 Å². The van der Waals surface area contributed by atoms with Gasteiger partial charge in [-0.05, 0) is 62.1 Å². The Morgan fingerprint density at radius 2 is 1.76 bits per heavy atom. The minimum absolute atomic E-state index is 0. The maximum atomic E-state index is 14.0. The first kappa shape index (κ1) is 19.6. The third-order valence-electron chi connectivity index (χ3n) is 4.68. The van der Waals surface area contributed by atoms with Gasteiger partial charge in [0.25, 0.3) is 0 Å². The van der Waals surface area contributed by atoms with Crippen molar-refractivity contribution in [3.8, 4) is 0 Å². The summed E-state index contributed by atoms with van der Waals surface area (Å²) < 4.78 is 28.0. The van der Waals surface area contributed by atoms with E-state index in [0.717, 1.165) is 11.3 Å². The molecule has 25 heavy (non-hydrogen) atoms. The van der Waals surface area contributed by atoms with E-state index in [1.165, 1.54) is 23.8 Å². The van der Waals surface area contributed by atoms with E-state index in [0.29, 0.717) is 12.8 Å². The molecule has 3 nitrogen and oxygen atoms in total. The summed E-state index contributed by atoms with van der Waals surface area (Å²) in [6, 6.07) is 9.87. The fourth-order valence-electron chi connectivity index (χ4n) is 2.89. The average Bonchev–Trinajstić information content (AvgIpc) is 3.30. The fraction of sp³-hybridized carbons (Fsp3) is 0.316. The van der Waals surface area contributed by atoms with Crippen molar-refractivity contribution in [3.05, 3.63) is 64.7 Å². The number of aliphatic imine (C=N–C) groups is 1. The van der Waals surface area contributed by atoms with Crippen LogP contribution in [0.3, 0.4) is 0 Å². The van der Waals surface area contributed by atoms with Crippen molar-refractivity contribution in [1.82, 2.24) is 0 Å². The number of hydrogen-bond acceptors (Lipinski definition) is 1. The Balaban J connectivity index is 0.00000225. The highest BCUT2D eigenvalue weighted by Crippen LogP contribution is 2.50. The Labute approximate surface area is 163 Å². The third-order valence-corrected chi connectivity index (χ3v) is 4.68. The van der Waals surface area contributed by atoms with Gasteiger partial charge in [0.05, 0.1) is 6.54 Å². The predicted molar refractivity (Wildman–Crippen MR) is 109 cm³/mol. The molecule has 1 aliphatic rings. The Hall–Kier alpha value is -1.70. The SMILES string of the molecule is Cc1ccc(NC(N)=NCC2(c3c(F)cccc3F)CC2)cc1C.I. The molecule has 6 heteroatoms. The molecule has 134 valence electrons. The van der Waals surface area contributed by atoms with Gasteiger partial charge in [-0.2, -0.15) is 0 Å². The van der Waals surface area contributed by atoms with E-state index >= 15 is 0 Å². The lowest BCUT2D eigenvalue weighted by Crippen LogP contribution is -2.25. The molecule has 0 amide bonds. The number of nitrogens with zero attached hydrogens (tertiary/aromatic N) is 1. The number of halogens is 3. The highest BCUT2D eigenvalue weighted by molar-refractivity contribution is 14.0. The van der Waals surface area contributed by atoms with Gasteiger partial charge in [0.1, 0.15) is 11.6 Å². The highest BCUT2D eigenvalue weighted by atomic mass is 127. The van der Waals surface area contributed by atoms with Crippen LogP contribution in [0.15, 0.2) is 41.4 Å². The van der Waals surface area contributed by atoms with Crippen LogP contribution in [0.1, 0.15) is 29.5 Å². The quantitative estimate of drug-likeness (QED) is 0.399. The zero-order valence-corrected chi connectivity index (χ0v) is 16.6. The number of aryl methyl sites for hydroxylation is 2. The molecule has 0 spiro atoms. The molecule has 0 heterocycles. The first-order valence-electron chi connectivity index (χ1n) is 8.00. The molecule has 0 aromatic heterocycles. The average molecular weight is 457 g/mol. The molecule has 0 atom stereocenters. The smallest absolute Gasteiger partial charge is 0.193 e. The van der Waals surface area contributed by atoms with Gasteiger partial charge in [-0.15, -0.1) is 24.0 Å². The molecule has 1 fully saturated rings. The molecule has 0 radical (unpaired) electrons. The van der Waals surface area contributed by atoms with Gasteiger partial charge in [0.15, 0.2) is 5.96 Å². The van der Waals surface area contributed by atoms with Crippen molar-refractivity contribution < 1.29 is 8.78 Å². The molecule has 0 aliphatic heterocycles. The highest BCUT2D eigenvalue weighted by Gasteiger charge is 2.47. The van der Waals surface area contributed by atoms with Gasteiger partial charge >= 0.3 is 0 Å². The van der Waals surface area contributed by atoms with Crippen LogP contribution in [-0.4, -0.2) is 12.5 Å². The van der Waals surface area contributed by atoms with Crippen LogP contribution in [0.4, 0.5) is 14.5 Å². The summed E-state index contributed by atoms with van der Waals surface area (Å²) in [4.78, 5) is 4.31. The van der Waals surface area contributed by atoms with Gasteiger partial charge in [0.2, 0.25) is 0 Å². The van der Waals surface area contributed by atoms with Gasteiger partial charge in [-0.1, -0.05) is 12.1 Å². The predicted octanol–water partition coefficient (Wildman–Crippen LogP) is 4.66. The van der Waals surface area contributed by atoms with E-state index in [-0.39, 0.29) is 42.0 Å². The van der Waals surface area contributed by atoms with E-state index in [9.17, 15) is 8.78 Å². The number of guanidine groups is 1. The Morgan fingerprint density at radius 1 is 1.12 bits per heavy atom. The number of benzene rings is 2. The molecular formula is C19H22F2IN3. The van der Waals surface area contributed by atoms with Crippen LogP contribution < -0.4 is 11.1 Å². The number of hydrogen-bond donors (Lipinski definition) is 2. The van der Waals surface area contributed by atoms with Crippen molar-refractivity contribution in [2.75, 3.05) is 11.9 Å². The van der Waals surface area contributed by atoms with Gasteiger partial charge in [-0.25, -0.2) is 8.78 Å². The maximum absolute atomic E-state index is 14.0. The molecule has 2 aromatic rings. The minimum atomic E-state index is -0.565. The Kier molecular flexibility index (Phi) is 6.03. The summed E-state index contributed by atoms with van der Waals surface area (Å²) in [5, 5.41) is 3.03. The lowest BCUT2D eigenvalue weighted by Gasteiger charge is -2.16. The minimum Gasteiger partial charge on any atom is -0.370 e. The lowest BCUT2D eigenvalue weighted by atomic mass is 9.95. The van der Waals surface area contributed by atoms with Gasteiger partial charge in [0, 0.05) is 16.7 Å². The molecule has 0 bridgehead atoms. The monoisotopic (exact) mass is 457 g/mol. The second-order valence-electron chi connectivity index (χ2n) is 6.50. The summed E-state index contributed by atoms with van der Waals surface area (Å²) >= 11 is 0. The zero-order valence-electron chi connectivity index (χ0n) is 14.3. The van der Waals surface area contributed by atoms with Crippen molar-refractivity contribution in [2.45, 2.75) is 32.1 Å². The molecule has 2 aromatic carbocycles. The number of nitrogens with two attached hydrogens (primary N) is 1. The van der Waals surface area contributed by atoms with Crippen LogP contribution >= 0.6 is 24.0 Å². The van der Waals surface area contributed by atoms with Crippen LogP contribution in [0.5, 0.6) is 0 Å². The van der Waals surface area contributed by atoms with E-state index in [1.54, 1.807) is 0 Å². The Bertz CT molecular complexity index is 781. The summed E-state index contributed by atoms with van der Waals surface area (Å²) in [7, 11) is 0. The standard InChI is InChI=1S/C19H21F2N3.HI/c1-12-6-7-14(10-13(12)2)24-18(22)23-11-19(8-9-19)17-15(20)4-3-5-16(17)21;/h3-7,10H,8-9,11H2,1-2H3,(H3,22,23,24);1H. The first-order valence-corrected chi connectivity index (χ1v) is 8.00. The second-order valence-corrected chi connectivity index (χ2v) is 6.50. The summed E-state index contributed by atoms with van der Waals surface area (Å²) in [5.74, 6) is -0.770. The first-order chi connectivity index (χ1) is 11.4. The third kappa shape index (κ3) is 4.29. The molecule has 3 N–H and O–H groups in total. The molecule has 1 aliphatic carbocycles. The summed E-state index contributed by atoms with van der Waals surface area (Å²) in [6.45, 7) is 4.33. The molecule has 3 rings (SSSR count). The fourth-order valence-corrected chi connectivity index (χ4v) is 2.89. The van der Waals surface area contributed by atoms with Crippen molar-refractivity contribution in [3.63, 3.8) is 0 Å². The second kappa shape index (κ2) is 7.68. The summed E-state index contributed by atoms with van der Waals surface area (Å²) in [5.41, 5.74) is 8.70. The summed E-state index contributed by atoms with van der Waals surface area (Å²) in [6.07, 6.45) is 1.43. The van der Waals surface area contributed by atoms with Crippen LogP contribution in [-0.2, 0) is 5.41 Å². The van der Waals surface area contributed by atoms with Gasteiger partial charge < -0.3 is 11.1 Å². The Morgan fingerprint density at radius 3 is 2.32 bits per heavy atom. The van der Waals surface area contributed by atoms with E-state index < -0.39 is 17.0 Å². The number of rotatable bonds is 4. The van der Waals surface area contributed by atoms with Gasteiger partial charge in [-0.3, -0.25) is 4.99 Å². The van der Waals surface area contributed by atoms with E-state index in [1.807, 2.05) is 32.0 Å². The number of nitrogens with one attached hydrogen (secondary N) is 1. The largest absolute Gasteiger partial charge is 0.370 e.